The Kier molecular flexibility index (Phi) is 9.01. The molecule has 0 bridgehead atoms. The molecule has 2 rings (SSSR count). The summed E-state index contributed by atoms with van der Waals surface area (Å²) in [5, 5.41) is 3.20. The van der Waals surface area contributed by atoms with Gasteiger partial charge in [0.25, 0.3) is 0 Å². The summed E-state index contributed by atoms with van der Waals surface area (Å²) in [6.45, 7) is 12.9. The third kappa shape index (κ3) is 7.36. The average molecular weight is 445 g/mol. The summed E-state index contributed by atoms with van der Waals surface area (Å²) >= 11 is 0. The highest BCUT2D eigenvalue weighted by Crippen LogP contribution is 2.13. The van der Waals surface area contributed by atoms with E-state index in [0.29, 0.717) is 11.9 Å². The smallest absolute Gasteiger partial charge is 0.193 e. The van der Waals surface area contributed by atoms with Gasteiger partial charge in [-0.1, -0.05) is 13.0 Å². The Bertz CT molecular complexity index is 518. The molecule has 0 amide bonds. The molecule has 1 saturated heterocycles. The fourth-order valence-corrected chi connectivity index (χ4v) is 3.02. The molecule has 136 valence electrons. The second kappa shape index (κ2) is 10.2. The van der Waals surface area contributed by atoms with E-state index in [9.17, 15) is 0 Å². The van der Waals surface area contributed by atoms with E-state index in [-0.39, 0.29) is 24.0 Å². The van der Waals surface area contributed by atoms with Crippen molar-refractivity contribution in [3.63, 3.8) is 0 Å². The van der Waals surface area contributed by atoms with Crippen molar-refractivity contribution in [3.8, 4) is 0 Å². The standard InChI is InChI=1S/C18H31N5.HI/c1-14-9-15(2)11-17(10-14)21-18(19)20-12-16(3)13-23-7-5-22(4)6-8-23;/h9-11,16H,5-8,12-13H2,1-4H3,(H3,19,20,21);1H. The van der Waals surface area contributed by atoms with Gasteiger partial charge < -0.3 is 20.9 Å². The van der Waals surface area contributed by atoms with Crippen LogP contribution >= 0.6 is 24.0 Å². The Hall–Kier alpha value is -0.860. The Morgan fingerprint density at radius 1 is 1.17 bits per heavy atom. The van der Waals surface area contributed by atoms with E-state index in [1.165, 1.54) is 11.1 Å². The third-order valence-electron chi connectivity index (χ3n) is 4.23. The van der Waals surface area contributed by atoms with Gasteiger partial charge in [-0.3, -0.25) is 4.99 Å². The van der Waals surface area contributed by atoms with Gasteiger partial charge in [0.2, 0.25) is 0 Å². The Balaban J connectivity index is 0.00000288. The molecule has 5 nitrogen and oxygen atoms in total. The lowest BCUT2D eigenvalue weighted by Crippen LogP contribution is -2.46. The van der Waals surface area contributed by atoms with Crippen molar-refractivity contribution >= 4 is 35.6 Å². The predicted octanol–water partition coefficient (Wildman–Crippen LogP) is 2.53. The Labute approximate surface area is 163 Å². The van der Waals surface area contributed by atoms with Gasteiger partial charge in [-0.2, -0.15) is 0 Å². The molecule has 1 heterocycles. The molecule has 24 heavy (non-hydrogen) atoms. The van der Waals surface area contributed by atoms with Crippen LogP contribution < -0.4 is 11.1 Å². The number of piperazine rings is 1. The highest BCUT2D eigenvalue weighted by molar-refractivity contribution is 14.0. The molecular weight excluding hydrogens is 413 g/mol. The third-order valence-corrected chi connectivity index (χ3v) is 4.23. The van der Waals surface area contributed by atoms with Crippen LogP contribution in [0.2, 0.25) is 0 Å². The van der Waals surface area contributed by atoms with Gasteiger partial charge in [-0.15, -0.1) is 24.0 Å². The van der Waals surface area contributed by atoms with Crippen LogP contribution in [0, 0.1) is 19.8 Å². The highest BCUT2D eigenvalue weighted by Gasteiger charge is 2.15. The van der Waals surface area contributed by atoms with Gasteiger partial charge in [-0.05, 0) is 50.1 Å². The molecule has 0 saturated carbocycles. The number of hydrogen-bond acceptors (Lipinski definition) is 3. The summed E-state index contributed by atoms with van der Waals surface area (Å²) in [5.41, 5.74) is 9.49. The highest BCUT2D eigenvalue weighted by atomic mass is 127. The van der Waals surface area contributed by atoms with Crippen LogP contribution in [-0.4, -0.2) is 62.1 Å². The predicted molar refractivity (Wildman–Crippen MR) is 115 cm³/mol. The number of nitrogens with zero attached hydrogens (tertiary/aromatic N) is 3. The molecule has 1 aromatic rings. The molecule has 0 radical (unpaired) electrons. The minimum Gasteiger partial charge on any atom is -0.370 e. The molecule has 0 aliphatic carbocycles. The molecule has 1 aliphatic heterocycles. The van der Waals surface area contributed by atoms with Crippen LogP contribution in [0.15, 0.2) is 23.2 Å². The van der Waals surface area contributed by atoms with E-state index in [0.717, 1.165) is 45.0 Å². The first kappa shape index (κ1) is 21.2. The zero-order valence-corrected chi connectivity index (χ0v) is 17.7. The maximum atomic E-state index is 6.02. The average Bonchev–Trinajstić information content (AvgIpc) is 2.46. The van der Waals surface area contributed by atoms with Crippen molar-refractivity contribution in [1.29, 1.82) is 0 Å². The molecule has 1 unspecified atom stereocenters. The van der Waals surface area contributed by atoms with Crippen LogP contribution in [0.1, 0.15) is 18.1 Å². The fraction of sp³-hybridized carbons (Fsp3) is 0.611. The van der Waals surface area contributed by atoms with Gasteiger partial charge in [0, 0.05) is 45.0 Å². The summed E-state index contributed by atoms with van der Waals surface area (Å²) < 4.78 is 0. The fourth-order valence-electron chi connectivity index (χ4n) is 3.02. The number of benzene rings is 1. The normalized spacial score (nSPS) is 18.1. The monoisotopic (exact) mass is 445 g/mol. The van der Waals surface area contributed by atoms with Crippen molar-refractivity contribution in [2.24, 2.45) is 16.6 Å². The molecule has 1 fully saturated rings. The topological polar surface area (TPSA) is 56.9 Å². The lowest BCUT2D eigenvalue weighted by Gasteiger charge is -2.33. The molecule has 1 atom stereocenters. The number of rotatable bonds is 5. The largest absolute Gasteiger partial charge is 0.370 e. The second-order valence-corrected chi connectivity index (χ2v) is 6.94. The number of hydrogen-bond donors (Lipinski definition) is 2. The molecule has 6 heteroatoms. The maximum absolute atomic E-state index is 6.02. The number of aliphatic imine (C=N–C) groups is 1. The van der Waals surface area contributed by atoms with Gasteiger partial charge in [0.1, 0.15) is 0 Å². The minimum absolute atomic E-state index is 0. The first-order valence-electron chi connectivity index (χ1n) is 8.48. The van der Waals surface area contributed by atoms with Crippen LogP contribution in [0.4, 0.5) is 5.69 Å². The minimum atomic E-state index is 0. The zero-order valence-electron chi connectivity index (χ0n) is 15.4. The van der Waals surface area contributed by atoms with Gasteiger partial charge in [-0.25, -0.2) is 0 Å². The Morgan fingerprint density at radius 3 is 2.33 bits per heavy atom. The number of nitrogens with two attached hydrogens (primary N) is 1. The first-order valence-corrected chi connectivity index (χ1v) is 8.48. The van der Waals surface area contributed by atoms with Crippen molar-refractivity contribution in [3.05, 3.63) is 29.3 Å². The number of anilines is 1. The van der Waals surface area contributed by atoms with Crippen molar-refractivity contribution in [2.75, 3.05) is 51.6 Å². The van der Waals surface area contributed by atoms with E-state index in [2.05, 4.69) is 66.1 Å². The summed E-state index contributed by atoms with van der Waals surface area (Å²) in [6, 6.07) is 6.32. The lowest BCUT2D eigenvalue weighted by atomic mass is 10.1. The van der Waals surface area contributed by atoms with Crippen molar-refractivity contribution in [2.45, 2.75) is 20.8 Å². The molecule has 1 aliphatic rings. The van der Waals surface area contributed by atoms with Crippen molar-refractivity contribution < 1.29 is 0 Å². The van der Waals surface area contributed by atoms with Crippen molar-refractivity contribution in [1.82, 2.24) is 9.80 Å². The number of aryl methyl sites for hydroxylation is 2. The van der Waals surface area contributed by atoms with E-state index in [4.69, 9.17) is 5.73 Å². The summed E-state index contributed by atoms with van der Waals surface area (Å²) in [6.07, 6.45) is 0. The van der Waals surface area contributed by atoms with Crippen LogP contribution in [0.25, 0.3) is 0 Å². The number of halogens is 1. The van der Waals surface area contributed by atoms with Gasteiger partial charge in [0.15, 0.2) is 5.96 Å². The van der Waals surface area contributed by atoms with Gasteiger partial charge >= 0.3 is 0 Å². The quantitative estimate of drug-likeness (QED) is 0.416. The zero-order chi connectivity index (χ0) is 16.8. The number of likely N-dealkylation sites (N-methyl/N-ethyl adjacent to an activating group) is 1. The van der Waals surface area contributed by atoms with E-state index in [1.54, 1.807) is 0 Å². The molecule has 1 aromatic carbocycles. The van der Waals surface area contributed by atoms with Gasteiger partial charge in [0.05, 0.1) is 0 Å². The number of nitrogens with one attached hydrogen (secondary N) is 1. The molecule has 3 N–H and O–H groups in total. The Morgan fingerprint density at radius 2 is 1.75 bits per heavy atom. The summed E-state index contributed by atoms with van der Waals surface area (Å²) in [4.78, 5) is 9.41. The molecule has 0 aromatic heterocycles. The van der Waals surface area contributed by atoms with E-state index < -0.39 is 0 Å². The number of guanidine groups is 1. The SMILES string of the molecule is Cc1cc(C)cc(NC(N)=NCC(C)CN2CCN(C)CC2)c1.I. The summed E-state index contributed by atoms with van der Waals surface area (Å²) in [5.74, 6) is 1.01. The second-order valence-electron chi connectivity index (χ2n) is 6.94. The molecular formula is C18H32IN5. The van der Waals surface area contributed by atoms with E-state index >= 15 is 0 Å². The lowest BCUT2D eigenvalue weighted by molar-refractivity contribution is 0.140. The van der Waals surface area contributed by atoms with Crippen LogP contribution in [-0.2, 0) is 0 Å². The first-order chi connectivity index (χ1) is 10.9. The summed E-state index contributed by atoms with van der Waals surface area (Å²) in [7, 11) is 2.18. The van der Waals surface area contributed by atoms with Crippen LogP contribution in [0.5, 0.6) is 0 Å². The van der Waals surface area contributed by atoms with E-state index in [1.807, 2.05) is 0 Å². The van der Waals surface area contributed by atoms with Crippen LogP contribution in [0.3, 0.4) is 0 Å². The maximum Gasteiger partial charge on any atom is 0.193 e. The molecule has 0 spiro atoms.